The number of hydrogen-bond donors (Lipinski definition) is 1. The Hall–Kier alpha value is -1.41. The van der Waals surface area contributed by atoms with Gasteiger partial charge in [0, 0.05) is 23.8 Å². The summed E-state index contributed by atoms with van der Waals surface area (Å²) in [7, 11) is 0. The summed E-state index contributed by atoms with van der Waals surface area (Å²) < 4.78 is 0. The van der Waals surface area contributed by atoms with E-state index in [9.17, 15) is 0 Å². The van der Waals surface area contributed by atoms with Crippen molar-refractivity contribution >= 4 is 10.8 Å². The number of pyridine rings is 1. The van der Waals surface area contributed by atoms with Gasteiger partial charge in [0.15, 0.2) is 0 Å². The van der Waals surface area contributed by atoms with E-state index in [0.29, 0.717) is 12.0 Å². The third-order valence-corrected chi connectivity index (χ3v) is 3.90. The minimum atomic E-state index is 0.525. The fourth-order valence-corrected chi connectivity index (χ4v) is 2.86. The van der Waals surface area contributed by atoms with Crippen LogP contribution in [0.25, 0.3) is 10.8 Å². The SMILES string of the molecule is CC(C)c1cncc2cc(C3CCCN3)ccc12. The fraction of sp³-hybridized carbons (Fsp3) is 0.438. The Morgan fingerprint density at radius 2 is 2.17 bits per heavy atom. The normalized spacial score (nSPS) is 19.8. The zero-order valence-electron chi connectivity index (χ0n) is 11.1. The average Bonchev–Trinajstić information content (AvgIpc) is 2.91. The van der Waals surface area contributed by atoms with E-state index in [4.69, 9.17) is 0 Å². The van der Waals surface area contributed by atoms with Crippen molar-refractivity contribution in [1.29, 1.82) is 0 Å². The second-order valence-electron chi connectivity index (χ2n) is 5.51. The molecule has 1 atom stereocenters. The monoisotopic (exact) mass is 240 g/mol. The summed E-state index contributed by atoms with van der Waals surface area (Å²) in [4.78, 5) is 4.38. The lowest BCUT2D eigenvalue weighted by Gasteiger charge is -2.14. The fourth-order valence-electron chi connectivity index (χ4n) is 2.86. The predicted octanol–water partition coefficient (Wildman–Crippen LogP) is 3.78. The molecule has 0 amide bonds. The van der Waals surface area contributed by atoms with Gasteiger partial charge in [-0.05, 0) is 47.9 Å². The number of benzene rings is 1. The van der Waals surface area contributed by atoms with Crippen LogP contribution in [0.2, 0.25) is 0 Å². The van der Waals surface area contributed by atoms with Crippen LogP contribution in [0, 0.1) is 0 Å². The van der Waals surface area contributed by atoms with Gasteiger partial charge >= 0.3 is 0 Å². The first-order valence-electron chi connectivity index (χ1n) is 6.86. The molecule has 0 bridgehead atoms. The van der Waals surface area contributed by atoms with Crippen molar-refractivity contribution in [2.75, 3.05) is 6.54 Å². The highest BCUT2D eigenvalue weighted by atomic mass is 14.9. The summed E-state index contributed by atoms with van der Waals surface area (Å²) in [6.07, 6.45) is 6.52. The number of hydrogen-bond acceptors (Lipinski definition) is 2. The molecule has 0 spiro atoms. The molecule has 2 nitrogen and oxygen atoms in total. The average molecular weight is 240 g/mol. The van der Waals surface area contributed by atoms with Crippen molar-refractivity contribution in [3.05, 3.63) is 41.7 Å². The lowest BCUT2D eigenvalue weighted by Crippen LogP contribution is -2.12. The van der Waals surface area contributed by atoms with E-state index in [-0.39, 0.29) is 0 Å². The Balaban J connectivity index is 2.07. The standard InChI is InChI=1S/C16H20N2/c1-11(2)15-10-17-9-13-8-12(5-6-14(13)15)16-4-3-7-18-16/h5-6,8-11,16,18H,3-4,7H2,1-2H3. The maximum atomic E-state index is 4.38. The highest BCUT2D eigenvalue weighted by Crippen LogP contribution is 2.29. The number of nitrogens with zero attached hydrogens (tertiary/aromatic N) is 1. The zero-order chi connectivity index (χ0) is 12.5. The van der Waals surface area contributed by atoms with Gasteiger partial charge in [-0.2, -0.15) is 0 Å². The van der Waals surface area contributed by atoms with Crippen LogP contribution >= 0.6 is 0 Å². The van der Waals surface area contributed by atoms with Crippen molar-refractivity contribution in [2.24, 2.45) is 0 Å². The Bertz CT molecular complexity index is 554. The summed E-state index contributed by atoms with van der Waals surface area (Å²) in [5, 5.41) is 6.17. The molecule has 1 N–H and O–H groups in total. The number of rotatable bonds is 2. The van der Waals surface area contributed by atoms with E-state index in [0.717, 1.165) is 6.54 Å². The zero-order valence-corrected chi connectivity index (χ0v) is 11.1. The van der Waals surface area contributed by atoms with Gasteiger partial charge in [-0.3, -0.25) is 4.98 Å². The maximum absolute atomic E-state index is 4.38. The van der Waals surface area contributed by atoms with Crippen LogP contribution in [-0.4, -0.2) is 11.5 Å². The lowest BCUT2D eigenvalue weighted by atomic mass is 9.95. The molecule has 1 saturated heterocycles. The van der Waals surface area contributed by atoms with Crippen LogP contribution in [-0.2, 0) is 0 Å². The molecule has 3 rings (SSSR count). The van der Waals surface area contributed by atoms with Gasteiger partial charge in [0.25, 0.3) is 0 Å². The number of fused-ring (bicyclic) bond motifs is 1. The third kappa shape index (κ3) is 2.01. The summed E-state index contributed by atoms with van der Waals surface area (Å²) in [5.74, 6) is 0.525. The second kappa shape index (κ2) is 4.69. The molecule has 1 fully saturated rings. The summed E-state index contributed by atoms with van der Waals surface area (Å²) in [5.41, 5.74) is 2.75. The molecule has 94 valence electrons. The highest BCUT2D eigenvalue weighted by molar-refractivity contribution is 5.85. The molecule has 1 unspecified atom stereocenters. The molecule has 0 saturated carbocycles. The van der Waals surface area contributed by atoms with Crippen molar-refractivity contribution in [3.8, 4) is 0 Å². The summed E-state index contributed by atoms with van der Waals surface area (Å²) in [6.45, 7) is 5.60. The largest absolute Gasteiger partial charge is 0.310 e. The minimum absolute atomic E-state index is 0.525. The number of aromatic nitrogens is 1. The van der Waals surface area contributed by atoms with E-state index in [2.05, 4.69) is 42.3 Å². The van der Waals surface area contributed by atoms with Crippen molar-refractivity contribution in [2.45, 2.75) is 38.6 Å². The molecular weight excluding hydrogens is 220 g/mol. The molecule has 2 heterocycles. The van der Waals surface area contributed by atoms with Crippen LogP contribution in [0.15, 0.2) is 30.6 Å². The van der Waals surface area contributed by atoms with Crippen molar-refractivity contribution in [1.82, 2.24) is 10.3 Å². The quantitative estimate of drug-likeness (QED) is 0.864. The van der Waals surface area contributed by atoms with E-state index in [1.54, 1.807) is 0 Å². The topological polar surface area (TPSA) is 24.9 Å². The van der Waals surface area contributed by atoms with Crippen molar-refractivity contribution < 1.29 is 0 Å². The van der Waals surface area contributed by atoms with Gasteiger partial charge in [-0.1, -0.05) is 26.0 Å². The van der Waals surface area contributed by atoms with E-state index in [1.165, 1.54) is 34.7 Å². The van der Waals surface area contributed by atoms with Gasteiger partial charge in [0.1, 0.15) is 0 Å². The summed E-state index contributed by atoms with van der Waals surface area (Å²) in [6, 6.07) is 7.38. The third-order valence-electron chi connectivity index (χ3n) is 3.90. The highest BCUT2D eigenvalue weighted by Gasteiger charge is 2.16. The first-order chi connectivity index (χ1) is 8.75. The van der Waals surface area contributed by atoms with Crippen LogP contribution < -0.4 is 5.32 Å². The van der Waals surface area contributed by atoms with Crippen LogP contribution in [0.1, 0.15) is 49.8 Å². The maximum Gasteiger partial charge on any atom is 0.0346 e. The molecule has 0 radical (unpaired) electrons. The van der Waals surface area contributed by atoms with Crippen LogP contribution in [0.3, 0.4) is 0 Å². The van der Waals surface area contributed by atoms with E-state index in [1.807, 2.05) is 12.4 Å². The first kappa shape index (κ1) is 11.7. The van der Waals surface area contributed by atoms with Gasteiger partial charge in [-0.25, -0.2) is 0 Å². The Morgan fingerprint density at radius 1 is 1.28 bits per heavy atom. The van der Waals surface area contributed by atoms with E-state index < -0.39 is 0 Å². The molecule has 1 aliphatic rings. The Morgan fingerprint density at radius 3 is 2.89 bits per heavy atom. The van der Waals surface area contributed by atoms with Crippen LogP contribution in [0.5, 0.6) is 0 Å². The Kier molecular flexibility index (Phi) is 3.04. The van der Waals surface area contributed by atoms with Gasteiger partial charge in [0.05, 0.1) is 0 Å². The van der Waals surface area contributed by atoms with Gasteiger partial charge in [0.2, 0.25) is 0 Å². The van der Waals surface area contributed by atoms with Gasteiger partial charge in [-0.15, -0.1) is 0 Å². The minimum Gasteiger partial charge on any atom is -0.310 e. The second-order valence-corrected chi connectivity index (χ2v) is 5.51. The van der Waals surface area contributed by atoms with Crippen LogP contribution in [0.4, 0.5) is 0 Å². The van der Waals surface area contributed by atoms with Gasteiger partial charge < -0.3 is 5.32 Å². The van der Waals surface area contributed by atoms with E-state index >= 15 is 0 Å². The molecule has 0 aliphatic carbocycles. The molecule has 1 aliphatic heterocycles. The molecule has 2 aromatic rings. The molecule has 1 aromatic carbocycles. The summed E-state index contributed by atoms with van der Waals surface area (Å²) >= 11 is 0. The molecule has 1 aromatic heterocycles. The predicted molar refractivity (Wildman–Crippen MR) is 75.8 cm³/mol. The first-order valence-corrected chi connectivity index (χ1v) is 6.86. The smallest absolute Gasteiger partial charge is 0.0346 e. The molecule has 18 heavy (non-hydrogen) atoms. The molecule has 2 heteroatoms. The lowest BCUT2D eigenvalue weighted by molar-refractivity contribution is 0.648. The Labute approximate surface area is 108 Å². The number of nitrogens with one attached hydrogen (secondary N) is 1. The molecular formula is C16H20N2. The van der Waals surface area contributed by atoms with Crippen molar-refractivity contribution in [3.63, 3.8) is 0 Å².